The minimum Gasteiger partial charge on any atom is -0.381 e. The second-order valence-electron chi connectivity index (χ2n) is 7.27. The maximum atomic E-state index is 6.08. The van der Waals surface area contributed by atoms with E-state index in [1.54, 1.807) is 0 Å². The van der Waals surface area contributed by atoms with E-state index in [1.807, 2.05) is 0 Å². The van der Waals surface area contributed by atoms with Crippen LogP contribution in [0.3, 0.4) is 0 Å². The number of ether oxygens (including phenoxy) is 2. The van der Waals surface area contributed by atoms with Crippen LogP contribution < -0.4 is 5.32 Å². The summed E-state index contributed by atoms with van der Waals surface area (Å²) in [5.74, 6) is 3.31. The lowest BCUT2D eigenvalue weighted by Crippen LogP contribution is -2.41. The van der Waals surface area contributed by atoms with Crippen molar-refractivity contribution < 1.29 is 9.47 Å². The van der Waals surface area contributed by atoms with Gasteiger partial charge in [0.1, 0.15) is 0 Å². The van der Waals surface area contributed by atoms with Gasteiger partial charge in [-0.3, -0.25) is 4.99 Å². The Morgan fingerprint density at radius 2 is 1.74 bits per heavy atom. The number of nitrogens with zero attached hydrogens (tertiary/aromatic N) is 2. The SMILES string of the molecule is CCNC(=NCC1CCOCC1)N1CC2C3CCC(O3)C2C1.I. The maximum Gasteiger partial charge on any atom is 0.193 e. The summed E-state index contributed by atoms with van der Waals surface area (Å²) in [5, 5.41) is 3.51. The summed E-state index contributed by atoms with van der Waals surface area (Å²) in [6.45, 7) is 8.13. The molecule has 0 aromatic rings. The van der Waals surface area contributed by atoms with Crippen molar-refractivity contribution in [1.82, 2.24) is 10.2 Å². The Hall–Kier alpha value is -0.0800. The molecule has 4 rings (SSSR count). The smallest absolute Gasteiger partial charge is 0.193 e. The van der Waals surface area contributed by atoms with E-state index in [0.717, 1.165) is 70.0 Å². The summed E-state index contributed by atoms with van der Waals surface area (Å²) in [7, 11) is 0. The predicted octanol–water partition coefficient (Wildman–Crippen LogP) is 2.11. The lowest BCUT2D eigenvalue weighted by Gasteiger charge is -2.25. The van der Waals surface area contributed by atoms with Gasteiger partial charge in [-0.2, -0.15) is 0 Å². The van der Waals surface area contributed by atoms with Crippen molar-refractivity contribution in [2.24, 2.45) is 22.7 Å². The molecule has 4 aliphatic heterocycles. The summed E-state index contributed by atoms with van der Waals surface area (Å²) >= 11 is 0. The Morgan fingerprint density at radius 3 is 2.35 bits per heavy atom. The van der Waals surface area contributed by atoms with Crippen molar-refractivity contribution in [3.8, 4) is 0 Å². The van der Waals surface area contributed by atoms with Crippen LogP contribution in [0.4, 0.5) is 0 Å². The number of halogens is 1. The van der Waals surface area contributed by atoms with Crippen LogP contribution in [0.25, 0.3) is 0 Å². The van der Waals surface area contributed by atoms with E-state index in [1.165, 1.54) is 12.8 Å². The molecule has 5 nitrogen and oxygen atoms in total. The van der Waals surface area contributed by atoms with Crippen molar-refractivity contribution in [1.29, 1.82) is 0 Å². The van der Waals surface area contributed by atoms with Gasteiger partial charge in [-0.25, -0.2) is 0 Å². The van der Waals surface area contributed by atoms with Gasteiger partial charge in [0, 0.05) is 51.2 Å². The van der Waals surface area contributed by atoms with Crippen molar-refractivity contribution in [3.05, 3.63) is 0 Å². The summed E-state index contributed by atoms with van der Waals surface area (Å²) < 4.78 is 11.5. The van der Waals surface area contributed by atoms with E-state index in [2.05, 4.69) is 17.1 Å². The predicted molar refractivity (Wildman–Crippen MR) is 101 cm³/mol. The molecule has 4 unspecified atom stereocenters. The molecule has 0 saturated carbocycles. The Morgan fingerprint density at radius 1 is 1.09 bits per heavy atom. The number of hydrogen-bond acceptors (Lipinski definition) is 3. The lowest BCUT2D eigenvalue weighted by atomic mass is 9.82. The average molecular weight is 435 g/mol. The van der Waals surface area contributed by atoms with E-state index in [4.69, 9.17) is 14.5 Å². The molecule has 4 aliphatic rings. The average Bonchev–Trinajstić information content (AvgIpc) is 3.24. The lowest BCUT2D eigenvalue weighted by molar-refractivity contribution is 0.0686. The molecular formula is C17H30IN3O2. The highest BCUT2D eigenvalue weighted by Gasteiger charge is 2.53. The molecule has 1 N–H and O–H groups in total. The van der Waals surface area contributed by atoms with Crippen LogP contribution >= 0.6 is 24.0 Å². The highest BCUT2D eigenvalue weighted by atomic mass is 127. The number of fused-ring (bicyclic) bond motifs is 5. The molecule has 4 atom stereocenters. The molecule has 4 saturated heterocycles. The first kappa shape index (κ1) is 17.7. The van der Waals surface area contributed by atoms with Gasteiger partial charge in [-0.1, -0.05) is 0 Å². The molecule has 0 radical (unpaired) electrons. The largest absolute Gasteiger partial charge is 0.381 e. The van der Waals surface area contributed by atoms with Crippen LogP contribution in [0.5, 0.6) is 0 Å². The first-order valence-electron chi connectivity index (χ1n) is 9.11. The fraction of sp³-hybridized carbons (Fsp3) is 0.941. The molecular weight excluding hydrogens is 405 g/mol. The van der Waals surface area contributed by atoms with Crippen molar-refractivity contribution in [3.63, 3.8) is 0 Å². The number of nitrogens with one attached hydrogen (secondary N) is 1. The van der Waals surface area contributed by atoms with Crippen LogP contribution in [-0.2, 0) is 9.47 Å². The molecule has 0 aromatic carbocycles. The standard InChI is InChI=1S/C17H29N3O2.HI/c1-2-18-17(19-9-12-5-7-21-8-6-12)20-10-13-14(11-20)16-4-3-15(13)22-16;/h12-16H,2-11H2,1H3,(H,18,19);1H. The molecule has 0 amide bonds. The molecule has 4 heterocycles. The van der Waals surface area contributed by atoms with Gasteiger partial charge in [0.25, 0.3) is 0 Å². The van der Waals surface area contributed by atoms with Crippen LogP contribution in [0.2, 0.25) is 0 Å². The highest BCUT2D eigenvalue weighted by Crippen LogP contribution is 2.47. The zero-order valence-electron chi connectivity index (χ0n) is 14.1. The Labute approximate surface area is 156 Å². The third-order valence-corrected chi connectivity index (χ3v) is 5.93. The number of hydrogen-bond donors (Lipinski definition) is 1. The molecule has 6 heteroatoms. The van der Waals surface area contributed by atoms with Gasteiger partial charge in [-0.05, 0) is 38.5 Å². The topological polar surface area (TPSA) is 46.1 Å². The molecule has 23 heavy (non-hydrogen) atoms. The van der Waals surface area contributed by atoms with Gasteiger partial charge < -0.3 is 19.7 Å². The van der Waals surface area contributed by atoms with Gasteiger partial charge in [0.15, 0.2) is 5.96 Å². The van der Waals surface area contributed by atoms with E-state index in [-0.39, 0.29) is 24.0 Å². The van der Waals surface area contributed by atoms with Crippen molar-refractivity contribution in [2.45, 2.75) is 44.8 Å². The quantitative estimate of drug-likeness (QED) is 0.419. The van der Waals surface area contributed by atoms with Gasteiger partial charge in [0.2, 0.25) is 0 Å². The van der Waals surface area contributed by atoms with Gasteiger partial charge in [-0.15, -0.1) is 24.0 Å². The normalized spacial score (nSPS) is 36.9. The Balaban J connectivity index is 0.00000156. The fourth-order valence-electron chi connectivity index (χ4n) is 4.70. The van der Waals surface area contributed by atoms with E-state index in [0.29, 0.717) is 18.1 Å². The summed E-state index contributed by atoms with van der Waals surface area (Å²) in [6, 6.07) is 0. The minimum atomic E-state index is 0. The zero-order valence-corrected chi connectivity index (χ0v) is 16.4. The summed E-state index contributed by atoms with van der Waals surface area (Å²) in [5.41, 5.74) is 0. The van der Waals surface area contributed by atoms with E-state index in [9.17, 15) is 0 Å². The zero-order chi connectivity index (χ0) is 14.9. The van der Waals surface area contributed by atoms with Crippen LogP contribution in [0.1, 0.15) is 32.6 Å². The van der Waals surface area contributed by atoms with Crippen LogP contribution in [-0.4, -0.2) is 62.5 Å². The maximum absolute atomic E-state index is 6.08. The molecule has 0 aliphatic carbocycles. The fourth-order valence-corrected chi connectivity index (χ4v) is 4.70. The Kier molecular flexibility index (Phi) is 6.07. The monoisotopic (exact) mass is 435 g/mol. The number of aliphatic imine (C=N–C) groups is 1. The third-order valence-electron chi connectivity index (χ3n) is 5.93. The number of rotatable bonds is 3. The second-order valence-corrected chi connectivity index (χ2v) is 7.27. The van der Waals surface area contributed by atoms with Gasteiger partial charge >= 0.3 is 0 Å². The van der Waals surface area contributed by atoms with Crippen molar-refractivity contribution in [2.75, 3.05) is 39.4 Å². The molecule has 132 valence electrons. The minimum absolute atomic E-state index is 0. The number of likely N-dealkylation sites (tertiary alicyclic amines) is 1. The van der Waals surface area contributed by atoms with Crippen LogP contribution in [0, 0.1) is 17.8 Å². The first-order chi connectivity index (χ1) is 10.8. The van der Waals surface area contributed by atoms with E-state index >= 15 is 0 Å². The Bertz CT molecular complexity index is 410. The van der Waals surface area contributed by atoms with E-state index < -0.39 is 0 Å². The molecule has 0 spiro atoms. The number of guanidine groups is 1. The molecule has 4 fully saturated rings. The second kappa shape index (κ2) is 7.87. The molecule has 2 bridgehead atoms. The van der Waals surface area contributed by atoms with Gasteiger partial charge in [0.05, 0.1) is 12.2 Å². The summed E-state index contributed by atoms with van der Waals surface area (Å²) in [4.78, 5) is 7.44. The highest BCUT2D eigenvalue weighted by molar-refractivity contribution is 14.0. The third kappa shape index (κ3) is 3.63. The van der Waals surface area contributed by atoms with Crippen molar-refractivity contribution >= 4 is 29.9 Å². The summed E-state index contributed by atoms with van der Waals surface area (Å²) in [6.07, 6.45) is 5.92. The van der Waals surface area contributed by atoms with Crippen LogP contribution in [0.15, 0.2) is 4.99 Å². The molecule has 0 aromatic heterocycles. The first-order valence-corrected chi connectivity index (χ1v) is 9.11.